The molecule has 17 heavy (non-hydrogen) atoms. The van der Waals surface area contributed by atoms with Crippen molar-refractivity contribution in [1.82, 2.24) is 0 Å². The van der Waals surface area contributed by atoms with Crippen molar-refractivity contribution in [2.24, 2.45) is 0 Å². The molecule has 0 saturated carbocycles. The maximum Gasteiger partial charge on any atom is 0.310 e. The first-order chi connectivity index (χ1) is 8.12. The fourth-order valence-corrected chi connectivity index (χ4v) is 1.70. The van der Waals surface area contributed by atoms with Crippen molar-refractivity contribution in [3.63, 3.8) is 0 Å². The lowest BCUT2D eigenvalue weighted by Gasteiger charge is -2.10. The third-order valence-corrected chi connectivity index (χ3v) is 2.50. The minimum Gasteiger partial charge on any atom is -0.496 e. The predicted octanol–water partition coefficient (Wildman–Crippen LogP) is 2.27. The van der Waals surface area contributed by atoms with Gasteiger partial charge in [-0.05, 0) is 19.1 Å². The van der Waals surface area contributed by atoms with Crippen LogP contribution < -0.4 is 4.74 Å². The number of carbonyl (C=O) groups excluding carboxylic acids is 2. The highest BCUT2D eigenvalue weighted by Crippen LogP contribution is 2.28. The van der Waals surface area contributed by atoms with Crippen molar-refractivity contribution in [3.05, 3.63) is 28.3 Å². The number of halogens is 1. The van der Waals surface area contributed by atoms with E-state index in [2.05, 4.69) is 0 Å². The van der Waals surface area contributed by atoms with Gasteiger partial charge in [0.15, 0.2) is 0 Å². The number of hydrogen-bond donors (Lipinski definition) is 0. The lowest BCUT2D eigenvalue weighted by Crippen LogP contribution is -2.09. The summed E-state index contributed by atoms with van der Waals surface area (Å²) in [5.41, 5.74) is 0.928. The Labute approximate surface area is 104 Å². The molecule has 4 nitrogen and oxygen atoms in total. The summed E-state index contributed by atoms with van der Waals surface area (Å²) in [6.45, 7) is 2.04. The van der Waals surface area contributed by atoms with E-state index < -0.39 is 0 Å². The molecule has 5 heteroatoms. The van der Waals surface area contributed by atoms with Crippen molar-refractivity contribution in [2.45, 2.75) is 13.3 Å². The molecule has 0 radical (unpaired) electrons. The molecule has 0 fully saturated rings. The molecule has 0 aromatic heterocycles. The standard InChI is InChI=1S/C12H13ClO4/c1-3-17-12(15)6-9-10(13)4-8(7-14)5-11(9)16-2/h4-5,7H,3,6H2,1-2H3. The highest BCUT2D eigenvalue weighted by molar-refractivity contribution is 6.32. The van der Waals surface area contributed by atoms with E-state index in [4.69, 9.17) is 21.1 Å². The van der Waals surface area contributed by atoms with Gasteiger partial charge in [-0.2, -0.15) is 0 Å². The van der Waals surface area contributed by atoms with Gasteiger partial charge < -0.3 is 9.47 Å². The third kappa shape index (κ3) is 3.46. The van der Waals surface area contributed by atoms with E-state index in [-0.39, 0.29) is 12.4 Å². The molecule has 0 aliphatic carbocycles. The van der Waals surface area contributed by atoms with Gasteiger partial charge in [-0.1, -0.05) is 11.6 Å². The van der Waals surface area contributed by atoms with E-state index in [0.29, 0.717) is 34.8 Å². The van der Waals surface area contributed by atoms with E-state index >= 15 is 0 Å². The average molecular weight is 257 g/mol. The van der Waals surface area contributed by atoms with Crippen LogP contribution in [0.25, 0.3) is 0 Å². The molecule has 0 atom stereocenters. The molecular formula is C12H13ClO4. The van der Waals surface area contributed by atoms with Crippen molar-refractivity contribution in [2.75, 3.05) is 13.7 Å². The van der Waals surface area contributed by atoms with E-state index in [0.717, 1.165) is 0 Å². The Kier molecular flexibility index (Phi) is 4.97. The Hall–Kier alpha value is -1.55. The summed E-state index contributed by atoms with van der Waals surface area (Å²) in [5, 5.41) is 0.319. The van der Waals surface area contributed by atoms with Crippen LogP contribution in [0.15, 0.2) is 12.1 Å². The van der Waals surface area contributed by atoms with Crippen LogP contribution in [0, 0.1) is 0 Å². The molecule has 0 unspecified atom stereocenters. The molecule has 0 N–H and O–H groups in total. The Balaban J connectivity index is 3.05. The summed E-state index contributed by atoms with van der Waals surface area (Å²) in [6.07, 6.45) is 0.692. The summed E-state index contributed by atoms with van der Waals surface area (Å²) >= 11 is 5.99. The topological polar surface area (TPSA) is 52.6 Å². The van der Waals surface area contributed by atoms with E-state index in [9.17, 15) is 9.59 Å². The Morgan fingerprint density at radius 2 is 2.18 bits per heavy atom. The predicted molar refractivity (Wildman–Crippen MR) is 63.7 cm³/mol. The molecule has 0 aliphatic rings. The molecule has 1 aromatic rings. The van der Waals surface area contributed by atoms with Crippen LogP contribution in [0.4, 0.5) is 0 Å². The fourth-order valence-electron chi connectivity index (χ4n) is 1.41. The van der Waals surface area contributed by atoms with Crippen LogP contribution in [0.1, 0.15) is 22.8 Å². The van der Waals surface area contributed by atoms with Crippen LogP contribution in [-0.2, 0) is 16.0 Å². The van der Waals surface area contributed by atoms with Gasteiger partial charge in [0.25, 0.3) is 0 Å². The number of benzene rings is 1. The van der Waals surface area contributed by atoms with Crippen LogP contribution >= 0.6 is 11.6 Å². The first kappa shape index (κ1) is 13.5. The molecule has 1 aromatic carbocycles. The molecule has 0 bridgehead atoms. The lowest BCUT2D eigenvalue weighted by atomic mass is 10.1. The number of carbonyl (C=O) groups is 2. The number of methoxy groups -OCH3 is 1. The van der Waals surface area contributed by atoms with Gasteiger partial charge >= 0.3 is 5.97 Å². The number of aldehydes is 1. The minimum atomic E-state index is -0.383. The zero-order chi connectivity index (χ0) is 12.8. The van der Waals surface area contributed by atoms with Gasteiger partial charge in [0.2, 0.25) is 0 Å². The molecule has 1 rings (SSSR count). The Bertz CT molecular complexity index is 429. The fraction of sp³-hybridized carbons (Fsp3) is 0.333. The van der Waals surface area contributed by atoms with Crippen molar-refractivity contribution < 1.29 is 19.1 Å². The maximum atomic E-state index is 11.4. The van der Waals surface area contributed by atoms with Crippen LogP contribution in [0.3, 0.4) is 0 Å². The van der Waals surface area contributed by atoms with Crippen molar-refractivity contribution in [1.29, 1.82) is 0 Å². The highest BCUT2D eigenvalue weighted by Gasteiger charge is 2.14. The van der Waals surface area contributed by atoms with E-state index in [1.54, 1.807) is 6.92 Å². The van der Waals surface area contributed by atoms with Gasteiger partial charge in [0, 0.05) is 16.1 Å². The number of hydrogen-bond acceptors (Lipinski definition) is 4. The van der Waals surface area contributed by atoms with E-state index in [1.807, 2.05) is 0 Å². The summed E-state index contributed by atoms with van der Waals surface area (Å²) in [7, 11) is 1.45. The van der Waals surface area contributed by atoms with E-state index in [1.165, 1.54) is 19.2 Å². The average Bonchev–Trinajstić information content (AvgIpc) is 2.31. The number of esters is 1. The van der Waals surface area contributed by atoms with Crippen LogP contribution in [0.2, 0.25) is 5.02 Å². The van der Waals surface area contributed by atoms with Crippen LogP contribution in [0.5, 0.6) is 5.75 Å². The summed E-state index contributed by atoms with van der Waals surface area (Å²) in [5.74, 6) is 0.0270. The van der Waals surface area contributed by atoms with Gasteiger partial charge in [-0.3, -0.25) is 9.59 Å². The second kappa shape index (κ2) is 6.25. The zero-order valence-corrected chi connectivity index (χ0v) is 10.4. The zero-order valence-electron chi connectivity index (χ0n) is 9.66. The highest BCUT2D eigenvalue weighted by atomic mass is 35.5. The molecule has 0 heterocycles. The van der Waals surface area contributed by atoms with Crippen molar-refractivity contribution in [3.8, 4) is 5.75 Å². The summed E-state index contributed by atoms with van der Waals surface area (Å²) in [4.78, 5) is 22.0. The lowest BCUT2D eigenvalue weighted by molar-refractivity contribution is -0.142. The van der Waals surface area contributed by atoms with Crippen molar-refractivity contribution >= 4 is 23.9 Å². The van der Waals surface area contributed by atoms with Gasteiger partial charge in [-0.15, -0.1) is 0 Å². The molecule has 92 valence electrons. The first-order valence-electron chi connectivity index (χ1n) is 5.09. The summed E-state index contributed by atoms with van der Waals surface area (Å²) < 4.78 is 9.93. The summed E-state index contributed by atoms with van der Waals surface area (Å²) in [6, 6.07) is 3.03. The molecule has 0 amide bonds. The van der Waals surface area contributed by atoms with Gasteiger partial charge in [0.05, 0.1) is 20.1 Å². The van der Waals surface area contributed by atoms with Gasteiger partial charge in [-0.25, -0.2) is 0 Å². The Morgan fingerprint density at radius 1 is 1.47 bits per heavy atom. The van der Waals surface area contributed by atoms with Crippen LogP contribution in [-0.4, -0.2) is 26.0 Å². The maximum absolute atomic E-state index is 11.4. The number of rotatable bonds is 5. The minimum absolute atomic E-state index is 0.0228. The molecule has 0 aliphatic heterocycles. The molecular weight excluding hydrogens is 244 g/mol. The first-order valence-corrected chi connectivity index (χ1v) is 5.47. The quantitative estimate of drug-likeness (QED) is 0.599. The Morgan fingerprint density at radius 3 is 2.71 bits per heavy atom. The molecule has 0 spiro atoms. The number of ether oxygens (including phenoxy) is 2. The normalized spacial score (nSPS) is 9.82. The third-order valence-electron chi connectivity index (χ3n) is 2.16. The second-order valence-electron chi connectivity index (χ2n) is 3.28. The smallest absolute Gasteiger partial charge is 0.310 e. The SMILES string of the molecule is CCOC(=O)Cc1c(Cl)cc(C=O)cc1OC. The van der Waals surface area contributed by atoms with Gasteiger partial charge in [0.1, 0.15) is 12.0 Å². The molecule has 0 saturated heterocycles. The largest absolute Gasteiger partial charge is 0.496 e. The monoisotopic (exact) mass is 256 g/mol. The second-order valence-corrected chi connectivity index (χ2v) is 3.69.